The molecule has 1 atom stereocenters. The summed E-state index contributed by atoms with van der Waals surface area (Å²) in [5.74, 6) is -2.31. The van der Waals surface area contributed by atoms with Crippen LogP contribution in [-0.4, -0.2) is 39.7 Å². The van der Waals surface area contributed by atoms with Crippen LogP contribution in [0.15, 0.2) is 48.0 Å². The number of hydrogen-bond donors (Lipinski definition) is 1. The van der Waals surface area contributed by atoms with Crippen molar-refractivity contribution < 1.29 is 14.4 Å². The smallest absolute Gasteiger partial charge is 0.335 e. The highest BCUT2D eigenvalue weighted by molar-refractivity contribution is 6.35. The Morgan fingerprint density at radius 1 is 1.26 bits per heavy atom. The van der Waals surface area contributed by atoms with Crippen molar-refractivity contribution in [1.82, 2.24) is 14.9 Å². The molecule has 1 aromatic heterocycles. The average molecular weight is 367 g/mol. The van der Waals surface area contributed by atoms with Gasteiger partial charge in [-0.05, 0) is 31.9 Å². The molecule has 1 aliphatic rings. The van der Waals surface area contributed by atoms with Gasteiger partial charge >= 0.3 is 6.03 Å². The van der Waals surface area contributed by atoms with Crippen LogP contribution >= 0.6 is 0 Å². The molecule has 2 aromatic rings. The summed E-state index contributed by atoms with van der Waals surface area (Å²) < 4.78 is 1.93. The number of benzene rings is 1. The van der Waals surface area contributed by atoms with Gasteiger partial charge < -0.3 is 4.57 Å². The molecule has 0 radical (unpaired) electrons. The number of aromatic nitrogens is 2. The maximum absolute atomic E-state index is 12.9. The van der Waals surface area contributed by atoms with Gasteiger partial charge in [-0.1, -0.05) is 18.2 Å². The molecule has 2 heterocycles. The topological polar surface area (TPSA) is 96.7 Å². The molecule has 1 N–H and O–H groups in total. The molecule has 1 aromatic carbocycles. The molecular formula is C19H21N5O3. The minimum absolute atomic E-state index is 0.397. The van der Waals surface area contributed by atoms with Crippen molar-refractivity contribution in [2.24, 2.45) is 10.9 Å². The van der Waals surface area contributed by atoms with E-state index in [0.29, 0.717) is 17.9 Å². The monoisotopic (exact) mass is 367 g/mol. The largest absolute Gasteiger partial charge is 0.337 e. The van der Waals surface area contributed by atoms with Crippen LogP contribution in [0.3, 0.4) is 0 Å². The number of hydrogen-bond acceptors (Lipinski definition) is 5. The Kier molecular flexibility index (Phi) is 5.44. The lowest BCUT2D eigenvalue weighted by Gasteiger charge is -2.31. The average Bonchev–Trinajstić information content (AvgIpc) is 3.13. The highest BCUT2D eigenvalue weighted by Crippen LogP contribution is 2.24. The number of barbiturate groups is 1. The number of urea groups is 1. The van der Waals surface area contributed by atoms with Gasteiger partial charge in [-0.15, -0.1) is 0 Å². The minimum Gasteiger partial charge on any atom is -0.337 e. The highest BCUT2D eigenvalue weighted by Gasteiger charge is 2.43. The van der Waals surface area contributed by atoms with E-state index in [1.54, 1.807) is 44.6 Å². The standard InChI is InChI=1S/C19H21N5O3/c1-13-6-3-4-7-15(13)24-18(26)16(17(25)22-19(24)27)14(2)21-8-5-10-23-11-9-20-12-23/h3-4,6-7,9,11-12,16H,5,8,10H2,1-2H3,(H,22,25,27)/t16-/m0/s1. The van der Waals surface area contributed by atoms with Gasteiger partial charge in [-0.3, -0.25) is 19.9 Å². The number of imide groups is 2. The number of rotatable bonds is 6. The lowest BCUT2D eigenvalue weighted by molar-refractivity contribution is -0.131. The van der Waals surface area contributed by atoms with E-state index in [0.717, 1.165) is 23.4 Å². The normalized spacial score (nSPS) is 18.0. The molecule has 0 unspecified atom stereocenters. The Morgan fingerprint density at radius 2 is 2.04 bits per heavy atom. The SMILES string of the molecule is CC(=NCCCn1ccnc1)[C@H]1C(=O)NC(=O)N(c2ccccc2C)C1=O. The van der Waals surface area contributed by atoms with Gasteiger partial charge in [0, 0.05) is 31.2 Å². The maximum Gasteiger partial charge on any atom is 0.335 e. The lowest BCUT2D eigenvalue weighted by atomic mass is 9.98. The minimum atomic E-state index is -1.10. The Labute approximate surface area is 156 Å². The number of amides is 4. The van der Waals surface area contributed by atoms with Crippen LogP contribution in [0.5, 0.6) is 0 Å². The molecule has 8 nitrogen and oxygen atoms in total. The van der Waals surface area contributed by atoms with Crippen LogP contribution in [0.2, 0.25) is 0 Å². The van der Waals surface area contributed by atoms with Crippen molar-refractivity contribution in [2.45, 2.75) is 26.8 Å². The molecule has 1 aliphatic heterocycles. The number of nitrogens with one attached hydrogen (secondary N) is 1. The van der Waals surface area contributed by atoms with Crippen LogP contribution < -0.4 is 10.2 Å². The predicted octanol–water partition coefficient (Wildman–Crippen LogP) is 1.94. The molecule has 140 valence electrons. The van der Waals surface area contributed by atoms with E-state index >= 15 is 0 Å². The Balaban J connectivity index is 1.74. The second-order valence-corrected chi connectivity index (χ2v) is 6.36. The van der Waals surface area contributed by atoms with E-state index < -0.39 is 23.8 Å². The van der Waals surface area contributed by atoms with Crippen molar-refractivity contribution in [3.05, 3.63) is 48.5 Å². The molecule has 3 rings (SSSR count). The van der Waals surface area contributed by atoms with E-state index in [1.807, 2.05) is 16.8 Å². The second-order valence-electron chi connectivity index (χ2n) is 6.36. The van der Waals surface area contributed by atoms with Crippen molar-refractivity contribution in [3.63, 3.8) is 0 Å². The van der Waals surface area contributed by atoms with Crippen LogP contribution in [0.4, 0.5) is 10.5 Å². The van der Waals surface area contributed by atoms with Crippen LogP contribution in [-0.2, 0) is 16.1 Å². The molecule has 8 heteroatoms. The fourth-order valence-electron chi connectivity index (χ4n) is 3.00. The first-order valence-electron chi connectivity index (χ1n) is 8.70. The van der Waals surface area contributed by atoms with E-state index in [1.165, 1.54) is 0 Å². The summed E-state index contributed by atoms with van der Waals surface area (Å²) in [5.41, 5.74) is 1.63. The van der Waals surface area contributed by atoms with Crippen LogP contribution in [0, 0.1) is 12.8 Å². The first-order valence-corrected chi connectivity index (χ1v) is 8.70. The van der Waals surface area contributed by atoms with Gasteiger partial charge in [0.05, 0.1) is 12.0 Å². The quantitative estimate of drug-likeness (QED) is 0.479. The summed E-state index contributed by atoms with van der Waals surface area (Å²) >= 11 is 0. The van der Waals surface area contributed by atoms with Crippen molar-refractivity contribution >= 4 is 29.2 Å². The van der Waals surface area contributed by atoms with Gasteiger partial charge in [-0.25, -0.2) is 14.7 Å². The van der Waals surface area contributed by atoms with E-state index in [-0.39, 0.29) is 0 Å². The zero-order valence-electron chi connectivity index (χ0n) is 15.3. The van der Waals surface area contributed by atoms with E-state index in [9.17, 15) is 14.4 Å². The van der Waals surface area contributed by atoms with Gasteiger partial charge in [-0.2, -0.15) is 0 Å². The second kappa shape index (κ2) is 7.94. The molecular weight excluding hydrogens is 346 g/mol. The molecule has 1 saturated heterocycles. The van der Waals surface area contributed by atoms with E-state index in [2.05, 4.69) is 15.3 Å². The summed E-state index contributed by atoms with van der Waals surface area (Å²) in [6, 6.07) is 6.31. The molecule has 0 spiro atoms. The number of anilines is 1. The number of imidazole rings is 1. The van der Waals surface area contributed by atoms with Gasteiger partial charge in [0.2, 0.25) is 5.91 Å². The summed E-state index contributed by atoms with van der Waals surface area (Å²) in [6.07, 6.45) is 6.04. The number of carbonyl (C=O) groups excluding carboxylic acids is 3. The molecule has 1 fully saturated rings. The molecule has 0 saturated carbocycles. The molecule has 0 bridgehead atoms. The van der Waals surface area contributed by atoms with Gasteiger partial charge in [0.25, 0.3) is 5.91 Å². The summed E-state index contributed by atoms with van der Waals surface area (Å²) in [4.78, 5) is 46.8. The maximum atomic E-state index is 12.9. The zero-order valence-corrected chi connectivity index (χ0v) is 15.3. The van der Waals surface area contributed by atoms with Crippen LogP contribution in [0.25, 0.3) is 0 Å². The Hall–Kier alpha value is -3.29. The molecule has 4 amide bonds. The summed E-state index contributed by atoms with van der Waals surface area (Å²) in [5, 5.41) is 2.26. The van der Waals surface area contributed by atoms with Gasteiger partial charge in [0.1, 0.15) is 0 Å². The van der Waals surface area contributed by atoms with Crippen LogP contribution in [0.1, 0.15) is 18.9 Å². The summed E-state index contributed by atoms with van der Waals surface area (Å²) in [7, 11) is 0. The highest BCUT2D eigenvalue weighted by atomic mass is 16.2. The number of aliphatic imine (C=N–C) groups is 1. The van der Waals surface area contributed by atoms with Crippen molar-refractivity contribution in [1.29, 1.82) is 0 Å². The third-order valence-corrected chi connectivity index (χ3v) is 4.43. The molecule has 0 aliphatic carbocycles. The third kappa shape index (κ3) is 3.94. The Morgan fingerprint density at radius 3 is 2.74 bits per heavy atom. The number of carbonyl (C=O) groups is 3. The first-order chi connectivity index (χ1) is 13.0. The van der Waals surface area contributed by atoms with E-state index in [4.69, 9.17) is 0 Å². The zero-order chi connectivity index (χ0) is 19.4. The lowest BCUT2D eigenvalue weighted by Crippen LogP contribution is -2.60. The Bertz CT molecular complexity index is 889. The number of aryl methyl sites for hydroxylation is 2. The van der Waals surface area contributed by atoms with Gasteiger partial charge in [0.15, 0.2) is 5.92 Å². The van der Waals surface area contributed by atoms with Crippen molar-refractivity contribution in [2.75, 3.05) is 11.4 Å². The van der Waals surface area contributed by atoms with Crippen molar-refractivity contribution in [3.8, 4) is 0 Å². The number of para-hydroxylation sites is 1. The fourth-order valence-corrected chi connectivity index (χ4v) is 3.00. The third-order valence-electron chi connectivity index (χ3n) is 4.43. The predicted molar refractivity (Wildman–Crippen MR) is 101 cm³/mol. The molecule has 27 heavy (non-hydrogen) atoms. The fraction of sp³-hybridized carbons (Fsp3) is 0.316. The number of nitrogens with zero attached hydrogens (tertiary/aromatic N) is 4. The first kappa shape index (κ1) is 18.5. The summed E-state index contributed by atoms with van der Waals surface area (Å²) in [6.45, 7) is 4.67.